The molecule has 0 N–H and O–H groups in total. The fraction of sp³-hybridized carbons (Fsp3) is 0.875. The number of hydrogen-bond donors (Lipinski definition) is 0. The summed E-state index contributed by atoms with van der Waals surface area (Å²) < 4.78 is 7.96. The van der Waals surface area contributed by atoms with Gasteiger partial charge in [0, 0.05) is 32.1 Å². The van der Waals surface area contributed by atoms with Crippen molar-refractivity contribution in [3.8, 4) is 0 Å². The van der Waals surface area contributed by atoms with Crippen molar-refractivity contribution in [2.24, 2.45) is 11.8 Å². The van der Waals surface area contributed by atoms with Gasteiger partial charge in [-0.3, -0.25) is 0 Å². The molecule has 3 heterocycles. The zero-order valence-corrected chi connectivity index (χ0v) is 12.8. The van der Waals surface area contributed by atoms with Crippen molar-refractivity contribution in [3.63, 3.8) is 0 Å². The van der Waals surface area contributed by atoms with Crippen LogP contribution >= 0.6 is 0 Å². The van der Waals surface area contributed by atoms with Crippen LogP contribution in [0.3, 0.4) is 0 Å². The Hall–Kier alpha value is -0.900. The lowest BCUT2D eigenvalue weighted by atomic mass is 9.82. The van der Waals surface area contributed by atoms with E-state index in [0.717, 1.165) is 32.1 Å². The van der Waals surface area contributed by atoms with E-state index in [4.69, 9.17) is 4.74 Å². The molecule has 1 aromatic heterocycles. The zero-order chi connectivity index (χ0) is 13.9. The minimum absolute atomic E-state index is 0.606. The van der Waals surface area contributed by atoms with Crippen molar-refractivity contribution in [3.05, 3.63) is 11.6 Å². The highest BCUT2D eigenvalue weighted by Gasteiger charge is 2.31. The minimum atomic E-state index is 0.606. The molecule has 2 aliphatic rings. The number of aromatic nitrogens is 3. The minimum Gasteiger partial charge on any atom is -0.381 e. The van der Waals surface area contributed by atoms with E-state index in [9.17, 15) is 0 Å². The third kappa shape index (κ3) is 2.90. The Morgan fingerprint density at radius 3 is 2.70 bits per heavy atom. The number of ether oxygens (including phenoxy) is 1. The van der Waals surface area contributed by atoms with Gasteiger partial charge in [-0.15, -0.1) is 10.2 Å². The number of nitrogens with zero attached hydrogens (tertiary/aromatic N) is 3. The smallest absolute Gasteiger partial charge is 0.136 e. The monoisotopic (exact) mass is 277 g/mol. The highest BCUT2D eigenvalue weighted by molar-refractivity contribution is 5.06. The van der Waals surface area contributed by atoms with Gasteiger partial charge in [-0.2, -0.15) is 0 Å². The fourth-order valence-corrected chi connectivity index (χ4v) is 3.71. The van der Waals surface area contributed by atoms with Crippen LogP contribution in [0.15, 0.2) is 0 Å². The highest BCUT2D eigenvalue weighted by atomic mass is 16.5. The average Bonchev–Trinajstić information content (AvgIpc) is 2.71. The second-order valence-electron chi connectivity index (χ2n) is 6.78. The lowest BCUT2D eigenvalue weighted by Crippen LogP contribution is -2.24. The van der Waals surface area contributed by atoms with Crippen LogP contribution in [0.5, 0.6) is 0 Å². The quantitative estimate of drug-likeness (QED) is 0.852. The molecule has 1 saturated heterocycles. The Morgan fingerprint density at radius 2 is 1.95 bits per heavy atom. The van der Waals surface area contributed by atoms with E-state index in [2.05, 4.69) is 28.6 Å². The van der Waals surface area contributed by atoms with E-state index in [1.807, 2.05) is 0 Å². The van der Waals surface area contributed by atoms with Crippen LogP contribution in [0.25, 0.3) is 0 Å². The molecule has 0 amide bonds. The topological polar surface area (TPSA) is 39.9 Å². The summed E-state index contributed by atoms with van der Waals surface area (Å²) in [6, 6.07) is 0. The Labute approximate surface area is 121 Å². The molecule has 2 aliphatic heterocycles. The van der Waals surface area contributed by atoms with Gasteiger partial charge in [0.25, 0.3) is 0 Å². The molecule has 0 spiro atoms. The number of rotatable bonds is 3. The van der Waals surface area contributed by atoms with Crippen molar-refractivity contribution in [1.82, 2.24) is 14.8 Å². The van der Waals surface area contributed by atoms with E-state index >= 15 is 0 Å². The average molecular weight is 277 g/mol. The third-order valence-corrected chi connectivity index (χ3v) is 4.76. The first-order valence-electron chi connectivity index (χ1n) is 8.25. The Morgan fingerprint density at radius 1 is 1.15 bits per heavy atom. The fourth-order valence-electron chi connectivity index (χ4n) is 3.71. The van der Waals surface area contributed by atoms with Gasteiger partial charge in [0.2, 0.25) is 0 Å². The molecule has 1 atom stereocenters. The van der Waals surface area contributed by atoms with Gasteiger partial charge < -0.3 is 9.30 Å². The summed E-state index contributed by atoms with van der Waals surface area (Å²) in [5.74, 6) is 4.47. The summed E-state index contributed by atoms with van der Waals surface area (Å²) in [5, 5.41) is 9.10. The third-order valence-electron chi connectivity index (χ3n) is 4.76. The van der Waals surface area contributed by atoms with Crippen LogP contribution in [-0.4, -0.2) is 28.0 Å². The number of hydrogen-bond acceptors (Lipinski definition) is 3. The van der Waals surface area contributed by atoms with Gasteiger partial charge in [-0.1, -0.05) is 20.3 Å². The highest BCUT2D eigenvalue weighted by Crippen LogP contribution is 2.37. The second-order valence-corrected chi connectivity index (χ2v) is 6.78. The largest absolute Gasteiger partial charge is 0.381 e. The predicted octanol–water partition coefficient (Wildman–Crippen LogP) is 3.17. The van der Waals surface area contributed by atoms with Crippen LogP contribution in [0, 0.1) is 11.8 Å². The first kappa shape index (κ1) is 14.1. The van der Waals surface area contributed by atoms with Crippen molar-refractivity contribution in [2.75, 3.05) is 13.2 Å². The Kier molecular flexibility index (Phi) is 4.39. The molecule has 1 unspecified atom stereocenters. The van der Waals surface area contributed by atoms with Crippen LogP contribution in [-0.2, 0) is 17.7 Å². The molecule has 1 fully saturated rings. The molecule has 0 radical (unpaired) electrons. The second kappa shape index (κ2) is 6.25. The Balaban J connectivity index is 1.85. The van der Waals surface area contributed by atoms with Crippen LogP contribution < -0.4 is 0 Å². The Bertz CT molecular complexity index is 435. The molecule has 4 heteroatoms. The lowest BCUT2D eigenvalue weighted by molar-refractivity contribution is 0.0556. The summed E-state index contributed by atoms with van der Waals surface area (Å²) in [5.41, 5.74) is 0. The molecule has 1 aromatic rings. The van der Waals surface area contributed by atoms with Gasteiger partial charge in [0.05, 0.1) is 0 Å². The van der Waals surface area contributed by atoms with Gasteiger partial charge >= 0.3 is 0 Å². The molecular formula is C16H27N3O. The molecule has 0 bridgehead atoms. The van der Waals surface area contributed by atoms with Gasteiger partial charge in [-0.05, 0) is 37.5 Å². The van der Waals surface area contributed by atoms with Crippen LogP contribution in [0.2, 0.25) is 0 Å². The van der Waals surface area contributed by atoms with Crippen LogP contribution in [0.4, 0.5) is 0 Å². The maximum Gasteiger partial charge on any atom is 0.136 e. The number of fused-ring (bicyclic) bond motifs is 1. The summed E-state index contributed by atoms with van der Waals surface area (Å²) in [4.78, 5) is 0. The first-order chi connectivity index (χ1) is 9.75. The molecule has 20 heavy (non-hydrogen) atoms. The van der Waals surface area contributed by atoms with E-state index in [1.165, 1.54) is 43.8 Å². The van der Waals surface area contributed by atoms with E-state index in [-0.39, 0.29) is 0 Å². The summed E-state index contributed by atoms with van der Waals surface area (Å²) in [6.07, 6.45) is 7.31. The molecule has 0 aliphatic carbocycles. The van der Waals surface area contributed by atoms with Crippen molar-refractivity contribution >= 4 is 0 Å². The molecule has 0 aromatic carbocycles. The normalized spacial score (nSPS) is 24.6. The molecule has 0 saturated carbocycles. The first-order valence-corrected chi connectivity index (χ1v) is 8.25. The maximum atomic E-state index is 5.52. The standard InChI is InChI=1S/C16H27N3O/c1-12(2)11-15-17-18-16-14(5-3-4-8-19(15)16)13-6-9-20-10-7-13/h12-14H,3-11H2,1-2H3. The van der Waals surface area contributed by atoms with Gasteiger partial charge in [0.1, 0.15) is 11.6 Å². The van der Waals surface area contributed by atoms with Crippen LogP contribution in [0.1, 0.15) is 63.5 Å². The van der Waals surface area contributed by atoms with Crippen molar-refractivity contribution in [2.45, 2.75) is 64.8 Å². The molecule has 112 valence electrons. The van der Waals surface area contributed by atoms with E-state index in [1.54, 1.807) is 0 Å². The maximum absolute atomic E-state index is 5.52. The van der Waals surface area contributed by atoms with E-state index in [0.29, 0.717) is 11.8 Å². The SMILES string of the molecule is CC(C)Cc1nnc2n1CCCCC2C1CCOCC1. The van der Waals surface area contributed by atoms with E-state index < -0.39 is 0 Å². The zero-order valence-electron chi connectivity index (χ0n) is 12.8. The van der Waals surface area contributed by atoms with Gasteiger partial charge in [-0.25, -0.2) is 0 Å². The predicted molar refractivity (Wildman–Crippen MR) is 78.7 cm³/mol. The molecule has 3 rings (SSSR count). The molecule has 4 nitrogen and oxygen atoms in total. The summed E-state index contributed by atoms with van der Waals surface area (Å²) >= 11 is 0. The van der Waals surface area contributed by atoms with Gasteiger partial charge in [0.15, 0.2) is 0 Å². The van der Waals surface area contributed by atoms with Crippen molar-refractivity contribution < 1.29 is 4.74 Å². The molecular weight excluding hydrogens is 250 g/mol. The van der Waals surface area contributed by atoms with Crippen molar-refractivity contribution in [1.29, 1.82) is 0 Å². The summed E-state index contributed by atoms with van der Waals surface area (Å²) in [7, 11) is 0. The summed E-state index contributed by atoms with van der Waals surface area (Å²) in [6.45, 7) is 7.48. The lowest BCUT2D eigenvalue weighted by Gasteiger charge is -2.29.